The fourth-order valence-electron chi connectivity index (χ4n) is 1.97. The summed E-state index contributed by atoms with van der Waals surface area (Å²) < 4.78 is 16.0. The van der Waals surface area contributed by atoms with E-state index in [-0.39, 0.29) is 12.2 Å². The van der Waals surface area contributed by atoms with E-state index in [4.69, 9.17) is 14.2 Å². The predicted molar refractivity (Wildman–Crippen MR) is 92.6 cm³/mol. The van der Waals surface area contributed by atoms with Gasteiger partial charge in [0.1, 0.15) is 0 Å². The Morgan fingerprint density at radius 1 is 1.08 bits per heavy atom. The molecule has 0 bridgehead atoms. The lowest BCUT2D eigenvalue weighted by Crippen LogP contribution is -2.22. The Kier molecular flexibility index (Phi) is 6.20. The van der Waals surface area contributed by atoms with E-state index < -0.39 is 11.9 Å². The molecule has 24 heavy (non-hydrogen) atoms. The molecular weight excluding hydrogens is 378 g/mol. The van der Waals surface area contributed by atoms with Gasteiger partial charge in [-0.15, -0.1) is 0 Å². The second-order valence-electron chi connectivity index (χ2n) is 4.67. The van der Waals surface area contributed by atoms with Crippen LogP contribution in [0.15, 0.2) is 46.9 Å². The number of anilines is 1. The Hall–Kier alpha value is -2.54. The minimum atomic E-state index is -0.544. The number of carbonyl (C=O) groups is 2. The first-order chi connectivity index (χ1) is 11.5. The third kappa shape index (κ3) is 4.48. The number of methoxy groups -OCH3 is 2. The Morgan fingerprint density at radius 2 is 1.79 bits per heavy atom. The fourth-order valence-corrected chi connectivity index (χ4v) is 2.33. The molecule has 0 aromatic heterocycles. The summed E-state index contributed by atoms with van der Waals surface area (Å²) in [6.45, 7) is -0.225. The number of esters is 1. The van der Waals surface area contributed by atoms with Gasteiger partial charge in [0.05, 0.1) is 25.5 Å². The zero-order valence-corrected chi connectivity index (χ0v) is 14.8. The number of ether oxygens (including phenoxy) is 3. The van der Waals surface area contributed by atoms with Gasteiger partial charge in [-0.3, -0.25) is 4.79 Å². The maximum Gasteiger partial charge on any atom is 0.340 e. The summed E-state index contributed by atoms with van der Waals surface area (Å²) in [6, 6.07) is 11.9. The van der Waals surface area contributed by atoms with Gasteiger partial charge in [-0.1, -0.05) is 28.1 Å². The summed E-state index contributed by atoms with van der Waals surface area (Å²) in [6.07, 6.45) is 0. The van der Waals surface area contributed by atoms with Crippen molar-refractivity contribution in [1.82, 2.24) is 0 Å². The number of benzene rings is 2. The van der Waals surface area contributed by atoms with E-state index in [1.54, 1.807) is 42.5 Å². The molecule has 0 saturated carbocycles. The average molecular weight is 394 g/mol. The number of hydrogen-bond acceptors (Lipinski definition) is 5. The highest BCUT2D eigenvalue weighted by molar-refractivity contribution is 9.10. The monoisotopic (exact) mass is 393 g/mol. The first-order valence-electron chi connectivity index (χ1n) is 6.98. The molecule has 0 atom stereocenters. The van der Waals surface area contributed by atoms with Gasteiger partial charge in [-0.2, -0.15) is 0 Å². The topological polar surface area (TPSA) is 73.9 Å². The summed E-state index contributed by atoms with van der Waals surface area (Å²) in [5, 5.41) is 2.63. The Morgan fingerprint density at radius 3 is 2.46 bits per heavy atom. The van der Waals surface area contributed by atoms with E-state index in [1.807, 2.05) is 0 Å². The summed E-state index contributed by atoms with van der Waals surface area (Å²) in [7, 11) is 2.80. The van der Waals surface area contributed by atoms with Gasteiger partial charge in [0.2, 0.25) is 0 Å². The molecule has 7 heteroatoms. The number of halogens is 1. The standard InChI is InChI=1S/C17H16BrNO5/c1-22-14-5-3-4-6-15(14)24-10-16(20)19-13-8-7-11(18)9-12(13)17(21)23-2/h3-9H,10H2,1-2H3,(H,19,20). The van der Waals surface area contributed by atoms with Crippen LogP contribution in [0.4, 0.5) is 5.69 Å². The minimum Gasteiger partial charge on any atom is -0.493 e. The molecular formula is C17H16BrNO5. The maximum atomic E-state index is 12.1. The molecule has 2 aromatic carbocycles. The largest absolute Gasteiger partial charge is 0.493 e. The van der Waals surface area contributed by atoms with Gasteiger partial charge >= 0.3 is 5.97 Å². The van der Waals surface area contributed by atoms with Crippen LogP contribution in [0.5, 0.6) is 11.5 Å². The van der Waals surface area contributed by atoms with Gasteiger partial charge in [-0.25, -0.2) is 4.79 Å². The van der Waals surface area contributed by atoms with Crippen LogP contribution in [0.1, 0.15) is 10.4 Å². The van der Waals surface area contributed by atoms with Gasteiger partial charge in [0.25, 0.3) is 5.91 Å². The van der Waals surface area contributed by atoms with E-state index in [2.05, 4.69) is 21.2 Å². The molecule has 0 spiro atoms. The van der Waals surface area contributed by atoms with Crippen molar-refractivity contribution in [3.05, 3.63) is 52.5 Å². The van der Waals surface area contributed by atoms with Gasteiger partial charge in [-0.05, 0) is 30.3 Å². The molecule has 0 aliphatic rings. The number of rotatable bonds is 6. The summed E-state index contributed by atoms with van der Waals surface area (Å²) in [5.41, 5.74) is 0.594. The second kappa shape index (κ2) is 8.35. The molecule has 2 aromatic rings. The van der Waals surface area contributed by atoms with Crippen molar-refractivity contribution in [2.75, 3.05) is 26.1 Å². The number of para-hydroxylation sites is 2. The first kappa shape index (κ1) is 17.8. The quantitative estimate of drug-likeness (QED) is 0.762. The van der Waals surface area contributed by atoms with Crippen molar-refractivity contribution in [2.24, 2.45) is 0 Å². The third-order valence-electron chi connectivity index (χ3n) is 3.09. The second-order valence-corrected chi connectivity index (χ2v) is 5.58. The van der Waals surface area contributed by atoms with Crippen LogP contribution < -0.4 is 14.8 Å². The normalized spacial score (nSPS) is 9.96. The fraction of sp³-hybridized carbons (Fsp3) is 0.176. The molecule has 6 nitrogen and oxygen atoms in total. The maximum absolute atomic E-state index is 12.1. The molecule has 2 rings (SSSR count). The minimum absolute atomic E-state index is 0.225. The highest BCUT2D eigenvalue weighted by Crippen LogP contribution is 2.26. The van der Waals surface area contributed by atoms with Crippen molar-refractivity contribution in [3.8, 4) is 11.5 Å². The van der Waals surface area contributed by atoms with Gasteiger partial charge in [0, 0.05) is 4.47 Å². The van der Waals surface area contributed by atoms with Crippen LogP contribution in [-0.4, -0.2) is 32.7 Å². The van der Waals surface area contributed by atoms with Crippen LogP contribution in [0.2, 0.25) is 0 Å². The molecule has 1 amide bonds. The number of nitrogens with one attached hydrogen (secondary N) is 1. The van der Waals surface area contributed by atoms with E-state index >= 15 is 0 Å². The van der Waals surface area contributed by atoms with E-state index in [9.17, 15) is 9.59 Å². The van der Waals surface area contributed by atoms with Crippen molar-refractivity contribution >= 4 is 33.5 Å². The van der Waals surface area contributed by atoms with Crippen LogP contribution >= 0.6 is 15.9 Å². The van der Waals surface area contributed by atoms with E-state index in [1.165, 1.54) is 14.2 Å². The van der Waals surface area contributed by atoms with E-state index in [0.29, 0.717) is 21.7 Å². The molecule has 0 unspecified atom stereocenters. The molecule has 1 N–H and O–H groups in total. The van der Waals surface area contributed by atoms with Crippen molar-refractivity contribution in [1.29, 1.82) is 0 Å². The number of carbonyl (C=O) groups excluding carboxylic acids is 2. The van der Waals surface area contributed by atoms with E-state index in [0.717, 1.165) is 0 Å². The van der Waals surface area contributed by atoms with Crippen molar-refractivity contribution in [3.63, 3.8) is 0 Å². The van der Waals surface area contributed by atoms with Gasteiger partial charge in [0.15, 0.2) is 18.1 Å². The zero-order chi connectivity index (χ0) is 17.5. The lowest BCUT2D eigenvalue weighted by atomic mass is 10.2. The lowest BCUT2D eigenvalue weighted by molar-refractivity contribution is -0.118. The molecule has 0 aliphatic carbocycles. The average Bonchev–Trinajstić information content (AvgIpc) is 2.61. The predicted octanol–water partition coefficient (Wildman–Crippen LogP) is 3.26. The summed E-state index contributed by atoms with van der Waals surface area (Å²) in [5.74, 6) is 0.0361. The smallest absolute Gasteiger partial charge is 0.340 e. The molecule has 0 saturated heterocycles. The molecule has 0 aliphatic heterocycles. The van der Waals surface area contributed by atoms with Crippen LogP contribution in [0, 0.1) is 0 Å². The van der Waals surface area contributed by atoms with Crippen LogP contribution in [-0.2, 0) is 9.53 Å². The Balaban J connectivity index is 2.06. The third-order valence-corrected chi connectivity index (χ3v) is 3.58. The lowest BCUT2D eigenvalue weighted by Gasteiger charge is -2.12. The molecule has 0 radical (unpaired) electrons. The molecule has 126 valence electrons. The van der Waals surface area contributed by atoms with Crippen LogP contribution in [0.3, 0.4) is 0 Å². The Bertz CT molecular complexity index is 748. The SMILES string of the molecule is COC(=O)c1cc(Br)ccc1NC(=O)COc1ccccc1OC. The number of hydrogen-bond donors (Lipinski definition) is 1. The molecule has 0 heterocycles. The van der Waals surface area contributed by atoms with Crippen molar-refractivity contribution in [2.45, 2.75) is 0 Å². The van der Waals surface area contributed by atoms with Gasteiger partial charge < -0.3 is 19.5 Å². The summed E-state index contributed by atoms with van der Waals surface area (Å²) >= 11 is 3.28. The molecule has 0 fully saturated rings. The Labute approximate surface area is 147 Å². The van der Waals surface area contributed by atoms with Crippen molar-refractivity contribution < 1.29 is 23.8 Å². The zero-order valence-electron chi connectivity index (χ0n) is 13.2. The highest BCUT2D eigenvalue weighted by Gasteiger charge is 2.15. The van der Waals surface area contributed by atoms with Crippen LogP contribution in [0.25, 0.3) is 0 Å². The number of amides is 1. The summed E-state index contributed by atoms with van der Waals surface area (Å²) in [4.78, 5) is 23.9. The first-order valence-corrected chi connectivity index (χ1v) is 7.78. The highest BCUT2D eigenvalue weighted by atomic mass is 79.9.